The molecular weight excluding hydrogens is 196 g/mol. The van der Waals surface area contributed by atoms with Crippen molar-refractivity contribution in [3.05, 3.63) is 48.6 Å². The van der Waals surface area contributed by atoms with Gasteiger partial charge in [0.1, 0.15) is 0 Å². The van der Waals surface area contributed by atoms with Crippen LogP contribution in [0.3, 0.4) is 0 Å². The van der Waals surface area contributed by atoms with Gasteiger partial charge < -0.3 is 5.32 Å². The van der Waals surface area contributed by atoms with Gasteiger partial charge in [0, 0.05) is 32.7 Å². The lowest BCUT2D eigenvalue weighted by molar-refractivity contribution is 0.259. The van der Waals surface area contributed by atoms with Crippen LogP contribution in [0.15, 0.2) is 48.6 Å². The quantitative estimate of drug-likeness (QED) is 0.711. The fourth-order valence-corrected chi connectivity index (χ4v) is 1.86. The zero-order chi connectivity index (χ0) is 11.8. The number of nitrogens with zero attached hydrogens (tertiary/aromatic N) is 1. The number of piperazine rings is 1. The third kappa shape index (κ3) is 4.60. The molecule has 1 saturated heterocycles. The first-order chi connectivity index (χ1) is 7.76. The van der Waals surface area contributed by atoms with E-state index in [-0.39, 0.29) is 0 Å². The van der Waals surface area contributed by atoms with Crippen LogP contribution in [0.5, 0.6) is 0 Å². The highest BCUT2D eigenvalue weighted by atomic mass is 15.2. The molecule has 0 amide bonds. The van der Waals surface area contributed by atoms with Gasteiger partial charge >= 0.3 is 0 Å². The zero-order valence-corrected chi connectivity index (χ0v) is 10.2. The molecule has 2 nitrogen and oxygen atoms in total. The lowest BCUT2D eigenvalue weighted by atomic mass is 10.1. The summed E-state index contributed by atoms with van der Waals surface area (Å²) in [4.78, 5) is 2.47. The highest BCUT2D eigenvalue weighted by Gasteiger charge is 2.08. The third-order valence-electron chi connectivity index (χ3n) is 2.64. The monoisotopic (exact) mass is 218 g/mol. The van der Waals surface area contributed by atoms with E-state index in [1.165, 1.54) is 5.57 Å². The Labute approximate surface area is 99.0 Å². The summed E-state index contributed by atoms with van der Waals surface area (Å²) in [7, 11) is 0. The van der Waals surface area contributed by atoms with E-state index < -0.39 is 0 Å². The maximum Gasteiger partial charge on any atom is 0.0194 e. The van der Waals surface area contributed by atoms with Gasteiger partial charge in [-0.3, -0.25) is 4.90 Å². The van der Waals surface area contributed by atoms with Crippen molar-refractivity contribution >= 4 is 0 Å². The van der Waals surface area contributed by atoms with Crippen molar-refractivity contribution in [2.45, 2.75) is 6.92 Å². The molecule has 1 rings (SSSR count). The van der Waals surface area contributed by atoms with Crippen LogP contribution in [0.4, 0.5) is 0 Å². The van der Waals surface area contributed by atoms with Crippen molar-refractivity contribution in [3.8, 4) is 0 Å². The second kappa shape index (κ2) is 7.20. The average Bonchev–Trinajstić information content (AvgIpc) is 2.29. The van der Waals surface area contributed by atoms with Gasteiger partial charge in [0.25, 0.3) is 0 Å². The van der Waals surface area contributed by atoms with Crippen molar-refractivity contribution in [2.75, 3.05) is 32.7 Å². The summed E-state index contributed by atoms with van der Waals surface area (Å²) in [6.07, 6.45) is 7.82. The molecular formula is C14H22N2. The molecule has 0 radical (unpaired) electrons. The minimum Gasteiger partial charge on any atom is -0.314 e. The van der Waals surface area contributed by atoms with Crippen LogP contribution in [-0.4, -0.2) is 37.6 Å². The Morgan fingerprint density at radius 3 is 2.56 bits per heavy atom. The first-order valence-electron chi connectivity index (χ1n) is 5.81. The van der Waals surface area contributed by atoms with E-state index in [1.54, 1.807) is 6.08 Å². The third-order valence-corrected chi connectivity index (χ3v) is 2.64. The normalized spacial score (nSPS) is 19.6. The Kier molecular flexibility index (Phi) is 5.83. The number of allylic oxidation sites excluding steroid dienone is 5. The largest absolute Gasteiger partial charge is 0.314 e. The van der Waals surface area contributed by atoms with Crippen LogP contribution < -0.4 is 5.32 Å². The molecule has 1 fully saturated rings. The van der Waals surface area contributed by atoms with Crippen LogP contribution >= 0.6 is 0 Å². The summed E-state index contributed by atoms with van der Waals surface area (Å²) in [6, 6.07) is 0. The van der Waals surface area contributed by atoms with Crippen molar-refractivity contribution in [1.29, 1.82) is 0 Å². The first kappa shape index (κ1) is 12.9. The maximum atomic E-state index is 3.80. The van der Waals surface area contributed by atoms with Gasteiger partial charge in [-0.25, -0.2) is 0 Å². The fourth-order valence-electron chi connectivity index (χ4n) is 1.86. The molecule has 1 aliphatic heterocycles. The maximum absolute atomic E-state index is 3.80. The number of hydrogen-bond donors (Lipinski definition) is 1. The Hall–Kier alpha value is -1.12. The van der Waals surface area contributed by atoms with E-state index in [9.17, 15) is 0 Å². The Bertz CT molecular complexity index is 294. The number of nitrogens with one attached hydrogen (secondary N) is 1. The predicted octanol–water partition coefficient (Wildman–Crippen LogP) is 2.14. The lowest BCUT2D eigenvalue weighted by Crippen LogP contribution is -2.43. The van der Waals surface area contributed by atoms with Crippen molar-refractivity contribution < 1.29 is 0 Å². The summed E-state index contributed by atoms with van der Waals surface area (Å²) in [6.45, 7) is 15.2. The molecule has 0 aromatic heterocycles. The van der Waals surface area contributed by atoms with E-state index in [0.29, 0.717) is 0 Å². The molecule has 0 spiro atoms. The van der Waals surface area contributed by atoms with Crippen LogP contribution in [0.1, 0.15) is 6.92 Å². The zero-order valence-electron chi connectivity index (χ0n) is 10.2. The molecule has 0 atom stereocenters. The van der Waals surface area contributed by atoms with Gasteiger partial charge in [0.05, 0.1) is 0 Å². The number of hydrogen-bond acceptors (Lipinski definition) is 2. The van der Waals surface area contributed by atoms with Crippen LogP contribution in [0, 0.1) is 0 Å². The van der Waals surface area contributed by atoms with E-state index in [0.717, 1.165) is 38.3 Å². The van der Waals surface area contributed by atoms with Gasteiger partial charge in [-0.1, -0.05) is 43.0 Å². The van der Waals surface area contributed by atoms with Crippen molar-refractivity contribution in [3.63, 3.8) is 0 Å². The minimum absolute atomic E-state index is 1.05. The second-order valence-electron chi connectivity index (χ2n) is 4.12. The number of rotatable bonds is 5. The summed E-state index contributed by atoms with van der Waals surface area (Å²) >= 11 is 0. The van der Waals surface area contributed by atoms with Gasteiger partial charge in [-0.2, -0.15) is 0 Å². The van der Waals surface area contributed by atoms with Gasteiger partial charge in [0.2, 0.25) is 0 Å². The van der Waals surface area contributed by atoms with Crippen LogP contribution in [-0.2, 0) is 0 Å². The summed E-state index contributed by atoms with van der Waals surface area (Å²) in [5.41, 5.74) is 2.50. The summed E-state index contributed by atoms with van der Waals surface area (Å²) in [5, 5.41) is 3.36. The molecule has 1 heterocycles. The molecule has 16 heavy (non-hydrogen) atoms. The minimum atomic E-state index is 1.05. The first-order valence-corrected chi connectivity index (χ1v) is 5.81. The molecule has 1 aliphatic rings. The van der Waals surface area contributed by atoms with Gasteiger partial charge in [-0.15, -0.1) is 0 Å². The predicted molar refractivity (Wildman–Crippen MR) is 71.5 cm³/mol. The molecule has 0 aromatic carbocycles. The van der Waals surface area contributed by atoms with E-state index in [1.807, 2.05) is 12.2 Å². The molecule has 1 N–H and O–H groups in total. The standard InChI is InChI=1S/C14H22N2/c1-4-6-14(5-2)11-13(3)12-16-9-7-15-8-10-16/h4-6,11,15H,1-2,7-10,12H2,3H3/b13-11+,14-6+. The Morgan fingerprint density at radius 1 is 1.31 bits per heavy atom. The smallest absolute Gasteiger partial charge is 0.0194 e. The van der Waals surface area contributed by atoms with E-state index in [2.05, 4.69) is 36.4 Å². The van der Waals surface area contributed by atoms with Gasteiger partial charge in [-0.05, 0) is 12.5 Å². The van der Waals surface area contributed by atoms with Crippen molar-refractivity contribution in [1.82, 2.24) is 10.2 Å². The average molecular weight is 218 g/mol. The molecule has 0 aliphatic carbocycles. The fraction of sp³-hybridized carbons (Fsp3) is 0.429. The van der Waals surface area contributed by atoms with E-state index >= 15 is 0 Å². The molecule has 0 bridgehead atoms. The Balaban J connectivity index is 2.51. The van der Waals surface area contributed by atoms with Gasteiger partial charge in [0.15, 0.2) is 0 Å². The van der Waals surface area contributed by atoms with Crippen LogP contribution in [0.25, 0.3) is 0 Å². The van der Waals surface area contributed by atoms with E-state index in [4.69, 9.17) is 0 Å². The Morgan fingerprint density at radius 2 is 2.00 bits per heavy atom. The van der Waals surface area contributed by atoms with Crippen molar-refractivity contribution in [2.24, 2.45) is 0 Å². The summed E-state index contributed by atoms with van der Waals surface area (Å²) in [5.74, 6) is 0. The molecule has 88 valence electrons. The second-order valence-corrected chi connectivity index (χ2v) is 4.12. The molecule has 0 saturated carbocycles. The lowest BCUT2D eigenvalue weighted by Gasteiger charge is -2.27. The SMILES string of the molecule is C=C/C=C(C=C)/C=C(\C)CN1CCNCC1. The highest BCUT2D eigenvalue weighted by molar-refractivity contribution is 5.34. The summed E-state index contributed by atoms with van der Waals surface area (Å²) < 4.78 is 0. The molecule has 2 heteroatoms. The molecule has 0 aromatic rings. The van der Waals surface area contributed by atoms with Crippen LogP contribution in [0.2, 0.25) is 0 Å². The highest BCUT2D eigenvalue weighted by Crippen LogP contribution is 2.06. The molecule has 0 unspecified atom stereocenters. The topological polar surface area (TPSA) is 15.3 Å².